The number of rotatable bonds is 2. The number of carbonyl (C=O) groups is 2. The van der Waals surface area contributed by atoms with Crippen molar-refractivity contribution in [1.82, 2.24) is 21.1 Å². The predicted molar refractivity (Wildman–Crippen MR) is 40.9 cm³/mol. The summed E-state index contributed by atoms with van der Waals surface area (Å²) >= 11 is 0. The van der Waals surface area contributed by atoms with E-state index in [9.17, 15) is 9.59 Å². The Kier molecular flexibility index (Phi) is 4.71. The Bertz CT molecular complexity index is 135. The summed E-state index contributed by atoms with van der Waals surface area (Å²) in [5.74, 6) is 0. The van der Waals surface area contributed by atoms with Crippen molar-refractivity contribution in [3.8, 4) is 0 Å². The molecule has 0 unspecified atom stereocenters. The summed E-state index contributed by atoms with van der Waals surface area (Å²) < 4.78 is 0. The maximum absolute atomic E-state index is 10.5. The Hall–Kier alpha value is -1.40. The molecule has 0 spiro atoms. The van der Waals surface area contributed by atoms with Crippen LogP contribution in [-0.4, -0.2) is 33.7 Å². The lowest BCUT2D eigenvalue weighted by Crippen LogP contribution is -2.46. The first kappa shape index (κ1) is 9.60. The molecule has 1 radical (unpaired) electrons. The normalized spacial score (nSPS) is 7.82. The fraction of sp³-hybridized carbons (Fsp3) is 0.500. The summed E-state index contributed by atoms with van der Waals surface area (Å²) in [7, 11) is 4.09. The fourth-order valence-corrected chi connectivity index (χ4v) is 0.312. The molecule has 0 saturated heterocycles. The molecule has 4 N–H and O–H groups in total. The van der Waals surface area contributed by atoms with Gasteiger partial charge < -0.3 is 21.1 Å². The lowest BCUT2D eigenvalue weighted by atomic mass is 10.2. The van der Waals surface area contributed by atoms with Gasteiger partial charge in [-0.1, -0.05) is 0 Å². The maximum Gasteiger partial charge on any atom is 0.393 e. The van der Waals surface area contributed by atoms with Crippen LogP contribution in [0.3, 0.4) is 0 Å². The van der Waals surface area contributed by atoms with E-state index in [1.807, 2.05) is 0 Å². The minimum absolute atomic E-state index is 0.388. The average Bonchev–Trinajstić information content (AvgIpc) is 2.04. The number of hydrogen-bond donors (Lipinski definition) is 4. The van der Waals surface area contributed by atoms with Crippen LogP contribution >= 0.6 is 0 Å². The van der Waals surface area contributed by atoms with Gasteiger partial charge in [0.2, 0.25) is 0 Å². The highest BCUT2D eigenvalue weighted by atomic mass is 16.2. The van der Waals surface area contributed by atoms with Gasteiger partial charge in [-0.2, -0.15) is 0 Å². The number of amides is 4. The second-order valence-corrected chi connectivity index (χ2v) is 1.59. The Morgan fingerprint density at radius 2 is 1.36 bits per heavy atom. The molecule has 6 nitrogen and oxygen atoms in total. The molecule has 0 bridgehead atoms. The van der Waals surface area contributed by atoms with E-state index in [1.165, 1.54) is 14.1 Å². The van der Waals surface area contributed by atoms with Gasteiger partial charge in [0.15, 0.2) is 0 Å². The van der Waals surface area contributed by atoms with Crippen LogP contribution in [0.25, 0.3) is 0 Å². The van der Waals surface area contributed by atoms with E-state index >= 15 is 0 Å². The zero-order valence-corrected chi connectivity index (χ0v) is 6.39. The van der Waals surface area contributed by atoms with E-state index in [1.54, 1.807) is 0 Å². The Morgan fingerprint density at radius 1 is 1.00 bits per heavy atom. The molecule has 4 amide bonds. The SMILES string of the molecule is CNC(=O)N[B]NC(=O)NC. The first-order valence-corrected chi connectivity index (χ1v) is 2.99. The molecule has 11 heavy (non-hydrogen) atoms. The summed E-state index contributed by atoms with van der Waals surface area (Å²) in [5.41, 5.74) is 0. The summed E-state index contributed by atoms with van der Waals surface area (Å²) in [4.78, 5) is 20.9. The molecular weight excluding hydrogens is 147 g/mol. The zero-order valence-electron chi connectivity index (χ0n) is 6.39. The van der Waals surface area contributed by atoms with Crippen molar-refractivity contribution in [3.05, 3.63) is 0 Å². The molecule has 0 rings (SSSR count). The number of carbonyl (C=O) groups excluding carboxylic acids is 2. The molecule has 0 fully saturated rings. The quantitative estimate of drug-likeness (QED) is 0.363. The number of nitrogens with one attached hydrogen (secondary N) is 4. The van der Waals surface area contributed by atoms with Gasteiger partial charge >= 0.3 is 19.6 Å². The zero-order chi connectivity index (χ0) is 8.69. The molecular formula is C4H10BN4O2. The van der Waals surface area contributed by atoms with E-state index < -0.39 is 0 Å². The Morgan fingerprint density at radius 3 is 1.64 bits per heavy atom. The van der Waals surface area contributed by atoms with Crippen molar-refractivity contribution in [2.45, 2.75) is 0 Å². The molecule has 0 aliphatic carbocycles. The Balaban J connectivity index is 3.27. The Labute approximate surface area is 65.4 Å². The second kappa shape index (κ2) is 5.39. The third-order valence-corrected chi connectivity index (χ3v) is 0.861. The van der Waals surface area contributed by atoms with Crippen molar-refractivity contribution >= 4 is 19.6 Å². The van der Waals surface area contributed by atoms with Crippen LogP contribution in [0.4, 0.5) is 9.59 Å². The van der Waals surface area contributed by atoms with E-state index in [0.29, 0.717) is 0 Å². The first-order chi connectivity index (χ1) is 5.20. The van der Waals surface area contributed by atoms with E-state index in [-0.39, 0.29) is 12.1 Å². The number of hydrogen-bond acceptors (Lipinski definition) is 2. The van der Waals surface area contributed by atoms with Crippen molar-refractivity contribution in [1.29, 1.82) is 0 Å². The van der Waals surface area contributed by atoms with Gasteiger partial charge in [-0.3, -0.25) is 9.59 Å². The van der Waals surface area contributed by atoms with Gasteiger partial charge in [0, 0.05) is 14.1 Å². The van der Waals surface area contributed by atoms with Gasteiger partial charge in [0.1, 0.15) is 0 Å². The van der Waals surface area contributed by atoms with Gasteiger partial charge in [-0.05, 0) is 0 Å². The summed E-state index contributed by atoms with van der Waals surface area (Å²) in [6.45, 7) is 0. The van der Waals surface area contributed by atoms with Crippen LogP contribution in [0, 0.1) is 0 Å². The number of urea groups is 2. The highest BCUT2D eigenvalue weighted by molar-refractivity contribution is 6.38. The predicted octanol–water partition coefficient (Wildman–Crippen LogP) is -1.62. The molecule has 0 aliphatic heterocycles. The molecule has 0 aromatic carbocycles. The van der Waals surface area contributed by atoms with Gasteiger partial charge in [0.05, 0.1) is 0 Å². The molecule has 7 heteroatoms. The third kappa shape index (κ3) is 5.07. The maximum atomic E-state index is 10.5. The molecule has 0 heterocycles. The van der Waals surface area contributed by atoms with Crippen molar-refractivity contribution in [2.24, 2.45) is 0 Å². The summed E-state index contributed by atoms with van der Waals surface area (Å²) in [6.07, 6.45) is 0. The minimum atomic E-state index is -0.388. The van der Waals surface area contributed by atoms with Crippen molar-refractivity contribution in [2.75, 3.05) is 14.1 Å². The van der Waals surface area contributed by atoms with Crippen LogP contribution in [0.1, 0.15) is 0 Å². The van der Waals surface area contributed by atoms with Crippen LogP contribution in [0.5, 0.6) is 0 Å². The largest absolute Gasteiger partial charge is 0.393 e. The monoisotopic (exact) mass is 157 g/mol. The molecule has 0 saturated carbocycles. The van der Waals surface area contributed by atoms with Gasteiger partial charge in [-0.15, -0.1) is 0 Å². The third-order valence-electron chi connectivity index (χ3n) is 0.861. The highest BCUT2D eigenvalue weighted by Crippen LogP contribution is 1.57. The lowest BCUT2D eigenvalue weighted by Gasteiger charge is -2.02. The van der Waals surface area contributed by atoms with Gasteiger partial charge in [0.25, 0.3) is 0 Å². The molecule has 0 aromatic rings. The summed E-state index contributed by atoms with van der Waals surface area (Å²) in [5, 5.41) is 9.11. The minimum Gasteiger partial charge on any atom is -0.364 e. The highest BCUT2D eigenvalue weighted by Gasteiger charge is 1.99. The molecule has 0 aromatic heterocycles. The topological polar surface area (TPSA) is 82.3 Å². The van der Waals surface area contributed by atoms with Crippen LogP contribution in [0.15, 0.2) is 0 Å². The average molecular weight is 157 g/mol. The van der Waals surface area contributed by atoms with Crippen LogP contribution in [-0.2, 0) is 0 Å². The van der Waals surface area contributed by atoms with Crippen LogP contribution < -0.4 is 21.1 Å². The van der Waals surface area contributed by atoms with E-state index in [4.69, 9.17) is 0 Å². The summed E-state index contributed by atoms with van der Waals surface area (Å²) in [6, 6.07) is -0.775. The lowest BCUT2D eigenvalue weighted by molar-refractivity contribution is 0.246. The van der Waals surface area contributed by atoms with E-state index in [0.717, 1.165) is 7.55 Å². The standard InChI is InChI=1S/C4H10BN4O2/c1-6-3(10)8-5-9-4(11)7-2/h1-2H3,(H2,6,8,10)(H2,7,9,11). The molecule has 0 atom stereocenters. The van der Waals surface area contributed by atoms with Crippen LogP contribution in [0.2, 0.25) is 0 Å². The fourth-order valence-electron chi connectivity index (χ4n) is 0.312. The molecule has 0 aliphatic rings. The van der Waals surface area contributed by atoms with Crippen molar-refractivity contribution < 1.29 is 9.59 Å². The smallest absolute Gasteiger partial charge is 0.364 e. The van der Waals surface area contributed by atoms with Gasteiger partial charge in [-0.25, -0.2) is 0 Å². The first-order valence-electron chi connectivity index (χ1n) is 2.99. The second-order valence-electron chi connectivity index (χ2n) is 1.59. The van der Waals surface area contributed by atoms with E-state index in [2.05, 4.69) is 21.1 Å². The molecule has 61 valence electrons. The van der Waals surface area contributed by atoms with Crippen molar-refractivity contribution in [3.63, 3.8) is 0 Å².